The van der Waals surface area contributed by atoms with Crippen LogP contribution in [-0.4, -0.2) is 67.1 Å². The van der Waals surface area contributed by atoms with Crippen molar-refractivity contribution in [2.24, 2.45) is 11.7 Å². The second-order valence-corrected chi connectivity index (χ2v) is 7.08. The number of nitrogens with zero attached hydrogens (tertiary/aromatic N) is 2. The zero-order chi connectivity index (χ0) is 16.2. The van der Waals surface area contributed by atoms with Crippen molar-refractivity contribution in [3.8, 4) is 0 Å². The van der Waals surface area contributed by atoms with Crippen LogP contribution in [0.15, 0.2) is 0 Å². The van der Waals surface area contributed by atoms with Gasteiger partial charge >= 0.3 is 0 Å². The molecule has 1 saturated carbocycles. The molecule has 1 amide bonds. The Kier molecular flexibility index (Phi) is 6.63. The summed E-state index contributed by atoms with van der Waals surface area (Å²) >= 11 is 0. The van der Waals surface area contributed by atoms with Crippen LogP contribution in [0.25, 0.3) is 0 Å². The molecule has 3 N–H and O–H groups in total. The molecule has 0 heterocycles. The molecule has 2 unspecified atom stereocenters. The smallest absolute Gasteiger partial charge is 0.239 e. The van der Waals surface area contributed by atoms with E-state index in [0.717, 1.165) is 25.9 Å². The van der Waals surface area contributed by atoms with Gasteiger partial charge in [0.2, 0.25) is 5.91 Å². The van der Waals surface area contributed by atoms with Gasteiger partial charge in [0.1, 0.15) is 5.54 Å². The van der Waals surface area contributed by atoms with E-state index in [4.69, 9.17) is 5.73 Å². The molecule has 21 heavy (non-hydrogen) atoms. The lowest BCUT2D eigenvalue weighted by atomic mass is 9.89. The maximum absolute atomic E-state index is 12.3. The van der Waals surface area contributed by atoms with E-state index in [9.17, 15) is 4.79 Å². The first kappa shape index (κ1) is 18.4. The third-order valence-electron chi connectivity index (χ3n) is 4.37. The Morgan fingerprint density at radius 3 is 2.24 bits per heavy atom. The molecule has 0 radical (unpaired) electrons. The van der Waals surface area contributed by atoms with E-state index in [0.29, 0.717) is 18.5 Å². The number of primary amides is 1. The molecule has 124 valence electrons. The number of hydrogen-bond acceptors (Lipinski definition) is 4. The Balaban J connectivity index is 2.89. The Hall–Kier alpha value is -0.650. The number of carbonyl (C=O) groups excluding carboxylic acids is 1. The summed E-state index contributed by atoms with van der Waals surface area (Å²) in [5.74, 6) is 0.187. The molecule has 0 aromatic carbocycles. The first-order chi connectivity index (χ1) is 9.72. The minimum absolute atomic E-state index is 0.200. The van der Waals surface area contributed by atoms with Crippen molar-refractivity contribution in [2.75, 3.05) is 33.7 Å². The van der Waals surface area contributed by atoms with Crippen molar-refractivity contribution in [3.05, 3.63) is 0 Å². The quantitative estimate of drug-likeness (QED) is 0.629. The molecule has 5 heteroatoms. The average molecular weight is 298 g/mol. The maximum Gasteiger partial charge on any atom is 0.239 e. The minimum Gasteiger partial charge on any atom is -0.368 e. The van der Waals surface area contributed by atoms with Gasteiger partial charge in [-0.25, -0.2) is 0 Å². The lowest BCUT2D eigenvalue weighted by molar-refractivity contribution is -0.127. The highest BCUT2D eigenvalue weighted by atomic mass is 16.1. The summed E-state index contributed by atoms with van der Waals surface area (Å²) in [6, 6.07) is 0.650. The van der Waals surface area contributed by atoms with E-state index in [1.807, 2.05) is 0 Å². The lowest BCUT2D eigenvalue weighted by Crippen LogP contribution is -2.66. The van der Waals surface area contributed by atoms with Crippen LogP contribution >= 0.6 is 0 Å². The summed E-state index contributed by atoms with van der Waals surface area (Å²) in [6.45, 7) is 11.2. The number of amides is 1. The van der Waals surface area contributed by atoms with E-state index >= 15 is 0 Å². The summed E-state index contributed by atoms with van der Waals surface area (Å²) in [4.78, 5) is 16.8. The van der Waals surface area contributed by atoms with Crippen molar-refractivity contribution < 1.29 is 4.79 Å². The van der Waals surface area contributed by atoms with Crippen LogP contribution in [0.1, 0.15) is 40.5 Å². The predicted molar refractivity (Wildman–Crippen MR) is 88.2 cm³/mol. The average Bonchev–Trinajstić information content (AvgIpc) is 3.16. The number of carbonyl (C=O) groups is 1. The fraction of sp³-hybridized carbons (Fsp3) is 0.938. The molecule has 0 aromatic heterocycles. The summed E-state index contributed by atoms with van der Waals surface area (Å²) in [5.41, 5.74) is 5.25. The van der Waals surface area contributed by atoms with E-state index < -0.39 is 5.54 Å². The molecule has 1 fully saturated rings. The number of nitrogens with two attached hydrogens (primary N) is 1. The molecule has 0 bridgehead atoms. The zero-order valence-electron chi connectivity index (χ0n) is 14.6. The Morgan fingerprint density at radius 2 is 1.90 bits per heavy atom. The second-order valence-electron chi connectivity index (χ2n) is 7.08. The van der Waals surface area contributed by atoms with Gasteiger partial charge in [-0.1, -0.05) is 6.92 Å². The van der Waals surface area contributed by atoms with Gasteiger partial charge in [0.15, 0.2) is 0 Å². The van der Waals surface area contributed by atoms with E-state index in [1.54, 1.807) is 0 Å². The van der Waals surface area contributed by atoms with Gasteiger partial charge in [-0.2, -0.15) is 0 Å². The number of likely N-dealkylation sites (N-methyl/N-ethyl adjacent to an activating group) is 2. The monoisotopic (exact) mass is 298 g/mol. The van der Waals surface area contributed by atoms with Gasteiger partial charge in [0.25, 0.3) is 0 Å². The number of hydrogen-bond donors (Lipinski definition) is 2. The minimum atomic E-state index is -0.579. The van der Waals surface area contributed by atoms with E-state index in [2.05, 4.69) is 56.9 Å². The first-order valence-electron chi connectivity index (χ1n) is 8.19. The fourth-order valence-corrected chi connectivity index (χ4v) is 3.28. The molecule has 1 rings (SSSR count). The van der Waals surface area contributed by atoms with Crippen LogP contribution in [-0.2, 0) is 4.79 Å². The molecule has 5 nitrogen and oxygen atoms in total. The molecular weight excluding hydrogens is 264 g/mol. The van der Waals surface area contributed by atoms with E-state index in [1.165, 1.54) is 0 Å². The highest BCUT2D eigenvalue weighted by Gasteiger charge is 2.51. The van der Waals surface area contributed by atoms with Crippen LogP contribution in [0, 0.1) is 5.92 Å². The number of nitrogens with one attached hydrogen (secondary N) is 1. The molecule has 0 aromatic rings. The summed E-state index contributed by atoms with van der Waals surface area (Å²) in [6.07, 6.45) is 2.20. The lowest BCUT2D eigenvalue weighted by Gasteiger charge is -2.41. The SMILES string of the molecule is CCN(CC(NC(C)C)(C(N)=O)C1CC1)C(C)CN(C)C. The van der Waals surface area contributed by atoms with Crippen molar-refractivity contribution in [2.45, 2.75) is 58.2 Å². The molecule has 1 aliphatic carbocycles. The van der Waals surface area contributed by atoms with Gasteiger partial charge in [0.05, 0.1) is 0 Å². The Morgan fingerprint density at radius 1 is 1.33 bits per heavy atom. The third kappa shape index (κ3) is 4.94. The third-order valence-corrected chi connectivity index (χ3v) is 4.37. The summed E-state index contributed by atoms with van der Waals surface area (Å²) < 4.78 is 0. The number of rotatable bonds is 10. The van der Waals surface area contributed by atoms with Gasteiger partial charge in [-0.15, -0.1) is 0 Å². The Bertz CT molecular complexity index is 341. The molecule has 2 atom stereocenters. The second kappa shape index (κ2) is 7.56. The predicted octanol–water partition coefficient (Wildman–Crippen LogP) is 0.891. The van der Waals surface area contributed by atoms with Gasteiger partial charge in [-0.05, 0) is 60.2 Å². The topological polar surface area (TPSA) is 61.6 Å². The van der Waals surface area contributed by atoms with Crippen molar-refractivity contribution >= 4 is 5.91 Å². The van der Waals surface area contributed by atoms with Gasteiger partial charge in [0, 0.05) is 25.2 Å². The van der Waals surface area contributed by atoms with Crippen molar-refractivity contribution in [1.29, 1.82) is 0 Å². The standard InChI is InChI=1S/C16H34N4O/c1-7-20(13(4)10-19(5)6)11-16(15(17)21,14-8-9-14)18-12(2)3/h12-14,18H,7-11H2,1-6H3,(H2,17,21). The first-order valence-corrected chi connectivity index (χ1v) is 8.19. The zero-order valence-corrected chi connectivity index (χ0v) is 14.6. The van der Waals surface area contributed by atoms with Gasteiger partial charge < -0.3 is 10.6 Å². The van der Waals surface area contributed by atoms with Crippen molar-refractivity contribution in [3.63, 3.8) is 0 Å². The van der Waals surface area contributed by atoms with Crippen LogP contribution in [0.3, 0.4) is 0 Å². The highest BCUT2D eigenvalue weighted by Crippen LogP contribution is 2.40. The molecule has 0 aliphatic heterocycles. The van der Waals surface area contributed by atoms with Crippen LogP contribution in [0.2, 0.25) is 0 Å². The molecule has 0 saturated heterocycles. The Labute approximate surface area is 130 Å². The van der Waals surface area contributed by atoms with Crippen LogP contribution < -0.4 is 11.1 Å². The van der Waals surface area contributed by atoms with Crippen molar-refractivity contribution in [1.82, 2.24) is 15.1 Å². The van der Waals surface area contributed by atoms with Crippen LogP contribution in [0.4, 0.5) is 0 Å². The molecule has 0 spiro atoms. The molecular formula is C16H34N4O. The largest absolute Gasteiger partial charge is 0.368 e. The maximum atomic E-state index is 12.3. The summed E-state index contributed by atoms with van der Waals surface area (Å²) in [5, 5.41) is 3.50. The highest BCUT2D eigenvalue weighted by molar-refractivity contribution is 5.86. The van der Waals surface area contributed by atoms with E-state index in [-0.39, 0.29) is 11.9 Å². The normalized spacial score (nSPS) is 20.0. The van der Waals surface area contributed by atoms with Gasteiger partial charge in [-0.3, -0.25) is 15.0 Å². The molecule has 1 aliphatic rings. The van der Waals surface area contributed by atoms with Crippen LogP contribution in [0.5, 0.6) is 0 Å². The summed E-state index contributed by atoms with van der Waals surface area (Å²) in [7, 11) is 4.16. The fourth-order valence-electron chi connectivity index (χ4n) is 3.28.